The molecule has 2 fully saturated rings. The molecule has 1 aliphatic heterocycles. The highest BCUT2D eigenvalue weighted by Gasteiger charge is 2.26. The van der Waals surface area contributed by atoms with Crippen molar-refractivity contribution in [2.45, 2.75) is 31.6 Å². The number of H-pyrrole nitrogens is 1. The summed E-state index contributed by atoms with van der Waals surface area (Å²) < 4.78 is 0. The van der Waals surface area contributed by atoms with Crippen LogP contribution in [0.3, 0.4) is 0 Å². The van der Waals surface area contributed by atoms with Crippen molar-refractivity contribution < 1.29 is 0 Å². The third-order valence-electron chi connectivity index (χ3n) is 4.04. The summed E-state index contributed by atoms with van der Waals surface area (Å²) in [5.74, 6) is 1.90. The first-order valence-electron chi connectivity index (χ1n) is 7.82. The third kappa shape index (κ3) is 3.04. The summed E-state index contributed by atoms with van der Waals surface area (Å²) in [5, 5.41) is 7.48. The van der Waals surface area contributed by atoms with Crippen molar-refractivity contribution in [3.05, 3.63) is 17.8 Å². The number of hydrogen-bond acceptors (Lipinski definition) is 6. The lowest BCUT2D eigenvalue weighted by Crippen LogP contribution is -2.19. The molecule has 7 heteroatoms. The fourth-order valence-electron chi connectivity index (χ4n) is 2.76. The molecule has 2 aromatic heterocycles. The molecule has 0 unspecified atom stereocenters. The Hall–Kier alpha value is -2.15. The van der Waals surface area contributed by atoms with Gasteiger partial charge in [-0.1, -0.05) is 0 Å². The molecule has 1 aliphatic carbocycles. The van der Waals surface area contributed by atoms with Crippen LogP contribution in [0.15, 0.2) is 12.1 Å². The van der Waals surface area contributed by atoms with E-state index in [4.69, 9.17) is 5.73 Å². The minimum atomic E-state index is 0.320. The predicted molar refractivity (Wildman–Crippen MR) is 87.6 cm³/mol. The van der Waals surface area contributed by atoms with Crippen LogP contribution in [-0.4, -0.2) is 40.3 Å². The summed E-state index contributed by atoms with van der Waals surface area (Å²) in [7, 11) is 1.50. The van der Waals surface area contributed by atoms with Crippen LogP contribution in [0.5, 0.6) is 0 Å². The zero-order chi connectivity index (χ0) is 15.5. The number of nitrogens with zero attached hydrogens (tertiary/aromatic N) is 4. The lowest BCUT2D eigenvalue weighted by molar-refractivity contribution is 0.930. The second kappa shape index (κ2) is 6.31. The molecule has 1 saturated heterocycles. The monoisotopic (exact) mass is 301 g/mol. The number of hydrogen-bond donors (Lipinski definition) is 3. The summed E-state index contributed by atoms with van der Waals surface area (Å²) in [4.78, 5) is 10.9. The summed E-state index contributed by atoms with van der Waals surface area (Å²) in [6.07, 6.45) is 4.94. The Morgan fingerprint density at radius 1 is 1.09 bits per heavy atom. The van der Waals surface area contributed by atoms with Crippen LogP contribution >= 0.6 is 0 Å². The van der Waals surface area contributed by atoms with Gasteiger partial charge < -0.3 is 16.4 Å². The van der Waals surface area contributed by atoms with E-state index in [9.17, 15) is 0 Å². The molecule has 1 saturated carbocycles. The van der Waals surface area contributed by atoms with Crippen LogP contribution in [0.1, 0.15) is 37.3 Å². The molecular formula is C15H23N7. The Balaban J connectivity index is 0.000000693. The van der Waals surface area contributed by atoms with Crippen molar-refractivity contribution >= 4 is 11.8 Å². The largest absolute Gasteiger partial charge is 0.368 e. The average Bonchev–Trinajstić information content (AvgIpc) is 3.07. The molecule has 2 aromatic rings. The van der Waals surface area contributed by atoms with Gasteiger partial charge in [-0.15, -0.1) is 0 Å². The second-order valence-electron chi connectivity index (χ2n) is 5.65. The van der Waals surface area contributed by atoms with E-state index in [1.54, 1.807) is 0 Å². The number of aromatic amines is 1. The number of nitrogens with one attached hydrogen (secondary N) is 1. The summed E-state index contributed by atoms with van der Waals surface area (Å²) in [6, 6.07) is 4.09. The van der Waals surface area contributed by atoms with Crippen molar-refractivity contribution in [3.8, 4) is 11.4 Å². The highest BCUT2D eigenvalue weighted by atomic mass is 15.2. The van der Waals surface area contributed by atoms with Crippen LogP contribution in [0, 0.1) is 0 Å². The van der Waals surface area contributed by atoms with Crippen LogP contribution < -0.4 is 16.4 Å². The molecule has 3 heterocycles. The van der Waals surface area contributed by atoms with E-state index < -0.39 is 0 Å². The van der Waals surface area contributed by atoms with E-state index >= 15 is 0 Å². The quantitative estimate of drug-likeness (QED) is 0.792. The molecule has 118 valence electrons. The number of nitrogen functional groups attached to an aromatic ring is 1. The summed E-state index contributed by atoms with van der Waals surface area (Å²) >= 11 is 0. The van der Waals surface area contributed by atoms with Gasteiger partial charge >= 0.3 is 0 Å². The molecule has 4 rings (SSSR count). The van der Waals surface area contributed by atoms with Crippen molar-refractivity contribution in [3.63, 3.8) is 0 Å². The van der Waals surface area contributed by atoms with E-state index in [-0.39, 0.29) is 0 Å². The molecule has 0 atom stereocenters. The van der Waals surface area contributed by atoms with Gasteiger partial charge in [0.1, 0.15) is 11.5 Å². The van der Waals surface area contributed by atoms with E-state index in [0.717, 1.165) is 30.3 Å². The van der Waals surface area contributed by atoms with E-state index in [0.29, 0.717) is 11.9 Å². The lowest BCUT2D eigenvalue weighted by atomic mass is 10.2. The predicted octanol–water partition coefficient (Wildman–Crippen LogP) is 1.50. The zero-order valence-electron chi connectivity index (χ0n) is 12.9. The molecule has 2 aliphatic rings. The SMILES string of the molecule is CN.Nc1nc(-c2cc(C3CC3)[nH]n2)cc(N2CCCC2)n1. The average molecular weight is 301 g/mol. The van der Waals surface area contributed by atoms with Gasteiger partial charge in [-0.25, -0.2) is 4.98 Å². The van der Waals surface area contributed by atoms with Crippen molar-refractivity contribution in [1.82, 2.24) is 20.2 Å². The Kier molecular flexibility index (Phi) is 4.24. The molecule has 22 heavy (non-hydrogen) atoms. The van der Waals surface area contributed by atoms with Crippen molar-refractivity contribution in [2.24, 2.45) is 5.73 Å². The molecule has 0 radical (unpaired) electrons. The van der Waals surface area contributed by atoms with Gasteiger partial charge in [-0.2, -0.15) is 10.1 Å². The van der Waals surface area contributed by atoms with Crippen LogP contribution in [0.4, 0.5) is 11.8 Å². The first-order valence-corrected chi connectivity index (χ1v) is 7.82. The maximum Gasteiger partial charge on any atom is 0.222 e. The first-order chi connectivity index (χ1) is 10.8. The number of rotatable bonds is 3. The van der Waals surface area contributed by atoms with Crippen LogP contribution in [0.2, 0.25) is 0 Å². The Bertz CT molecular complexity index is 627. The minimum absolute atomic E-state index is 0.320. The fraction of sp³-hybridized carbons (Fsp3) is 0.533. The van der Waals surface area contributed by atoms with Gasteiger partial charge in [-0.05, 0) is 38.8 Å². The van der Waals surface area contributed by atoms with Gasteiger partial charge in [0.05, 0.1) is 5.69 Å². The molecular weight excluding hydrogens is 278 g/mol. The number of anilines is 2. The molecule has 5 N–H and O–H groups in total. The molecule has 0 amide bonds. The molecule has 7 nitrogen and oxygen atoms in total. The normalized spacial score (nSPS) is 17.3. The highest BCUT2D eigenvalue weighted by molar-refractivity contribution is 5.61. The fourth-order valence-corrected chi connectivity index (χ4v) is 2.76. The maximum atomic E-state index is 5.86. The van der Waals surface area contributed by atoms with Gasteiger partial charge in [0.25, 0.3) is 0 Å². The van der Waals surface area contributed by atoms with Crippen LogP contribution in [-0.2, 0) is 0 Å². The van der Waals surface area contributed by atoms with Gasteiger partial charge in [0.15, 0.2) is 0 Å². The Labute approximate surface area is 130 Å². The lowest BCUT2D eigenvalue weighted by Gasteiger charge is -2.16. The number of aromatic nitrogens is 4. The smallest absolute Gasteiger partial charge is 0.222 e. The molecule has 0 spiro atoms. The zero-order valence-corrected chi connectivity index (χ0v) is 12.9. The van der Waals surface area contributed by atoms with Crippen molar-refractivity contribution in [2.75, 3.05) is 30.8 Å². The standard InChI is InChI=1S/C14H18N6.CH5N/c15-14-16-11(8-13(17-14)20-5-1-2-6-20)12-7-10(18-19-12)9-3-4-9;1-2/h7-9H,1-6H2,(H,18,19)(H2,15,16,17);2H2,1H3. The summed E-state index contributed by atoms with van der Waals surface area (Å²) in [6.45, 7) is 2.09. The Morgan fingerprint density at radius 3 is 2.50 bits per heavy atom. The highest BCUT2D eigenvalue weighted by Crippen LogP contribution is 2.40. The van der Waals surface area contributed by atoms with Crippen molar-refractivity contribution in [1.29, 1.82) is 0 Å². The second-order valence-corrected chi connectivity index (χ2v) is 5.65. The topological polar surface area (TPSA) is 110 Å². The third-order valence-corrected chi connectivity index (χ3v) is 4.04. The molecule has 0 aromatic carbocycles. The molecule has 0 bridgehead atoms. The van der Waals surface area contributed by atoms with E-state index in [2.05, 4.69) is 36.9 Å². The maximum absolute atomic E-state index is 5.86. The van der Waals surface area contributed by atoms with Gasteiger partial charge in [-0.3, -0.25) is 5.10 Å². The summed E-state index contributed by atoms with van der Waals surface area (Å²) in [5.41, 5.74) is 13.2. The van der Waals surface area contributed by atoms with E-state index in [1.807, 2.05) is 6.07 Å². The van der Waals surface area contributed by atoms with Gasteiger partial charge in [0.2, 0.25) is 5.95 Å². The minimum Gasteiger partial charge on any atom is -0.368 e. The van der Waals surface area contributed by atoms with Gasteiger partial charge in [0, 0.05) is 30.8 Å². The first kappa shape index (κ1) is 14.8. The Morgan fingerprint density at radius 2 is 1.82 bits per heavy atom. The van der Waals surface area contributed by atoms with E-state index in [1.165, 1.54) is 38.4 Å². The van der Waals surface area contributed by atoms with Crippen LogP contribution in [0.25, 0.3) is 11.4 Å². The number of nitrogens with two attached hydrogens (primary N) is 2.